The zero-order valence-corrected chi connectivity index (χ0v) is 56.7. The van der Waals surface area contributed by atoms with Crippen molar-refractivity contribution in [2.75, 3.05) is 0 Å². The normalized spacial score (nSPS) is 13.4. The number of hydrogen-bond donors (Lipinski definition) is 0. The molecule has 6 rings (SSSR count). The minimum absolute atomic E-state index is 0.00363. The molecule has 0 heterocycles. The molecule has 0 saturated carbocycles. The van der Waals surface area contributed by atoms with E-state index in [4.69, 9.17) is 0 Å². The highest BCUT2D eigenvalue weighted by Gasteiger charge is 2.39. The Kier molecular flexibility index (Phi) is 18.7. The van der Waals surface area contributed by atoms with E-state index in [1.54, 1.807) is 0 Å². The molecular formula is C80H114. The van der Waals surface area contributed by atoms with E-state index in [9.17, 15) is 0 Å². The summed E-state index contributed by atoms with van der Waals surface area (Å²) in [5, 5.41) is 0. The lowest BCUT2D eigenvalue weighted by Gasteiger charge is -2.38. The molecule has 0 spiro atoms. The predicted molar refractivity (Wildman–Crippen MR) is 359 cm³/mol. The Morgan fingerprint density at radius 1 is 0.225 bits per heavy atom. The van der Waals surface area contributed by atoms with Crippen molar-refractivity contribution >= 4 is 0 Å². The Bertz CT molecular complexity index is 3200. The molecule has 434 valence electrons. The first kappa shape index (κ1) is 64.5. The van der Waals surface area contributed by atoms with Crippen molar-refractivity contribution in [2.45, 2.75) is 289 Å². The summed E-state index contributed by atoms with van der Waals surface area (Å²) in [6.45, 7) is 68.6. The van der Waals surface area contributed by atoms with E-state index < -0.39 is 0 Å². The average Bonchev–Trinajstić information content (AvgIpc) is 3.27. The lowest BCUT2D eigenvalue weighted by molar-refractivity contribution is 0.486. The highest BCUT2D eigenvalue weighted by molar-refractivity contribution is 6.10. The molecule has 0 atom stereocenters. The molecule has 0 bridgehead atoms. The van der Waals surface area contributed by atoms with Gasteiger partial charge in [-0.05, 0) is 251 Å². The van der Waals surface area contributed by atoms with Gasteiger partial charge >= 0.3 is 0 Å². The van der Waals surface area contributed by atoms with E-state index in [0.717, 1.165) is 51.4 Å². The van der Waals surface area contributed by atoms with Crippen LogP contribution in [0.15, 0.2) is 84.9 Å². The molecule has 0 radical (unpaired) electrons. The van der Waals surface area contributed by atoms with Crippen LogP contribution in [0.25, 0.3) is 55.6 Å². The Balaban J connectivity index is 2.24. The lowest BCUT2D eigenvalue weighted by atomic mass is 9.66. The van der Waals surface area contributed by atoms with Crippen molar-refractivity contribution < 1.29 is 0 Å². The largest absolute Gasteiger partial charge is 0.0646 e. The molecule has 6 aromatic rings. The van der Waals surface area contributed by atoms with Crippen LogP contribution in [0.1, 0.15) is 284 Å². The second kappa shape index (κ2) is 23.2. The summed E-state index contributed by atoms with van der Waals surface area (Å²) in [6.07, 6.45) is 8.33. The van der Waals surface area contributed by atoms with Crippen LogP contribution in [0.4, 0.5) is 0 Å². The van der Waals surface area contributed by atoms with E-state index in [-0.39, 0.29) is 43.3 Å². The van der Waals surface area contributed by atoms with Gasteiger partial charge in [-0.2, -0.15) is 0 Å². The summed E-state index contributed by atoms with van der Waals surface area (Å²) in [4.78, 5) is 0. The van der Waals surface area contributed by atoms with Crippen LogP contribution in [-0.2, 0) is 43.3 Å². The molecule has 0 N–H and O–H groups in total. The summed E-state index contributed by atoms with van der Waals surface area (Å²) in [5.74, 6) is 0. The van der Waals surface area contributed by atoms with Crippen LogP contribution in [0.2, 0.25) is 0 Å². The molecule has 0 nitrogen and oxygen atoms in total. The van der Waals surface area contributed by atoms with Gasteiger partial charge < -0.3 is 0 Å². The van der Waals surface area contributed by atoms with E-state index in [1.165, 1.54) is 122 Å². The van der Waals surface area contributed by atoms with Gasteiger partial charge in [0.25, 0.3) is 0 Å². The third-order valence-electron chi connectivity index (χ3n) is 21.9. The van der Waals surface area contributed by atoms with Crippen molar-refractivity contribution in [3.8, 4) is 55.6 Å². The molecule has 6 aromatic carbocycles. The number of hydrogen-bond acceptors (Lipinski definition) is 0. The molecule has 0 heteroatoms. The SMILES string of the molecule is CCC(C)(C)c1cc(C(C)(C)CC)c(-c2cc(-c3ccccc3)c(-c3cc(C)c(C(C)(C)CC)cc3C(C)(C)CC)c(-c3cc(C)c(C(C)(C)CC)cc3C(C)(C)CC)c2-c2cc(C)c(C(C)(C)CC)cc2C(C)(C)CC)cc1C. The average molecular weight is 1080 g/mol. The first-order valence-electron chi connectivity index (χ1n) is 31.8. The maximum Gasteiger partial charge on any atom is -0.00110 e. The van der Waals surface area contributed by atoms with Crippen LogP contribution in [0.5, 0.6) is 0 Å². The van der Waals surface area contributed by atoms with Gasteiger partial charge in [-0.25, -0.2) is 0 Å². The number of benzene rings is 6. The van der Waals surface area contributed by atoms with Crippen molar-refractivity contribution in [1.82, 2.24) is 0 Å². The molecule has 80 heavy (non-hydrogen) atoms. The van der Waals surface area contributed by atoms with Crippen molar-refractivity contribution in [3.05, 3.63) is 152 Å². The standard InChI is InChI=1S/C80H114/c1-29-73(13,14)62-47-66(77(21,22)33-5)57(42-51(62)9)58-46-56(55-40-38-37-39-41-55)70(59-43-52(10)63(74(15,16)30-2)48-67(59)78(23,24)34-6)72(61-45-54(12)65(76(19,20)32-4)50-69(61)80(27,28)36-8)71(58)60-44-53(11)64(75(17,18)31-3)49-68(60)79(25,26)35-7/h37-50H,29-36H2,1-28H3. The molecule has 0 aliphatic carbocycles. The number of aryl methyl sites for hydroxylation is 4. The fourth-order valence-corrected chi connectivity index (χ4v) is 12.9. The van der Waals surface area contributed by atoms with Crippen LogP contribution in [-0.4, -0.2) is 0 Å². The minimum Gasteiger partial charge on any atom is -0.0646 e. The highest BCUT2D eigenvalue weighted by Crippen LogP contribution is 2.58. The first-order valence-corrected chi connectivity index (χ1v) is 31.8. The second-order valence-electron chi connectivity index (χ2n) is 30.2. The molecule has 0 amide bonds. The molecule has 0 saturated heterocycles. The summed E-state index contributed by atoms with van der Waals surface area (Å²) < 4.78 is 0. The van der Waals surface area contributed by atoms with E-state index in [2.05, 4.69) is 279 Å². The van der Waals surface area contributed by atoms with Gasteiger partial charge in [0.2, 0.25) is 0 Å². The van der Waals surface area contributed by atoms with Gasteiger partial charge in [0.15, 0.2) is 0 Å². The summed E-state index contributed by atoms with van der Waals surface area (Å²) in [7, 11) is 0. The molecule has 0 aliphatic rings. The van der Waals surface area contributed by atoms with Crippen molar-refractivity contribution in [2.24, 2.45) is 0 Å². The van der Waals surface area contributed by atoms with Crippen LogP contribution < -0.4 is 0 Å². The Hall–Kier alpha value is -4.68. The first-order chi connectivity index (χ1) is 36.9. The fraction of sp³-hybridized carbons (Fsp3) is 0.550. The lowest BCUT2D eigenvalue weighted by Crippen LogP contribution is -2.24. The van der Waals surface area contributed by atoms with E-state index in [0.29, 0.717) is 0 Å². The summed E-state index contributed by atoms with van der Waals surface area (Å²) in [6, 6.07) is 35.7. The molecule has 0 unspecified atom stereocenters. The zero-order chi connectivity index (χ0) is 60.3. The molecule has 0 aliphatic heterocycles. The Morgan fingerprint density at radius 3 is 0.725 bits per heavy atom. The van der Waals surface area contributed by atoms with Gasteiger partial charge in [-0.15, -0.1) is 0 Å². The van der Waals surface area contributed by atoms with Crippen LogP contribution >= 0.6 is 0 Å². The zero-order valence-electron chi connectivity index (χ0n) is 56.7. The van der Waals surface area contributed by atoms with Gasteiger partial charge in [-0.3, -0.25) is 0 Å². The monoisotopic (exact) mass is 1070 g/mol. The fourth-order valence-electron chi connectivity index (χ4n) is 12.9. The second-order valence-corrected chi connectivity index (χ2v) is 30.2. The third-order valence-corrected chi connectivity index (χ3v) is 21.9. The summed E-state index contributed by atoms with van der Waals surface area (Å²) >= 11 is 0. The van der Waals surface area contributed by atoms with E-state index in [1.807, 2.05) is 0 Å². The van der Waals surface area contributed by atoms with Gasteiger partial charge in [0.1, 0.15) is 0 Å². The molecule has 0 aromatic heterocycles. The van der Waals surface area contributed by atoms with Crippen molar-refractivity contribution in [1.29, 1.82) is 0 Å². The highest BCUT2D eigenvalue weighted by atomic mass is 14.4. The summed E-state index contributed by atoms with van der Waals surface area (Å²) in [5.41, 5.74) is 30.0. The smallest absolute Gasteiger partial charge is 0.00110 e. The quantitative estimate of drug-likeness (QED) is 0.0674. The Labute approximate surface area is 493 Å². The van der Waals surface area contributed by atoms with Gasteiger partial charge in [0.05, 0.1) is 0 Å². The Morgan fingerprint density at radius 2 is 0.450 bits per heavy atom. The van der Waals surface area contributed by atoms with Crippen LogP contribution in [0.3, 0.4) is 0 Å². The topological polar surface area (TPSA) is 0 Å². The maximum atomic E-state index is 2.72. The van der Waals surface area contributed by atoms with Gasteiger partial charge in [-0.1, -0.05) is 245 Å². The van der Waals surface area contributed by atoms with Crippen molar-refractivity contribution in [3.63, 3.8) is 0 Å². The van der Waals surface area contributed by atoms with Gasteiger partial charge in [0, 0.05) is 0 Å². The number of rotatable bonds is 21. The predicted octanol–water partition coefficient (Wildman–Crippen LogP) is 24.8. The maximum absolute atomic E-state index is 2.72. The molecular weight excluding hydrogens is 961 g/mol. The van der Waals surface area contributed by atoms with E-state index >= 15 is 0 Å². The molecule has 0 fully saturated rings. The minimum atomic E-state index is -0.161. The van der Waals surface area contributed by atoms with Crippen LogP contribution in [0, 0.1) is 27.7 Å². The third kappa shape index (κ3) is 11.9.